The smallest absolute Gasteiger partial charge is 0.270 e. The minimum atomic E-state index is -2.88. The Morgan fingerprint density at radius 2 is 1.69 bits per heavy atom. The summed E-state index contributed by atoms with van der Waals surface area (Å²) in [5, 5.41) is 8.61. The molecule has 35 heavy (non-hydrogen) atoms. The topological polar surface area (TPSA) is 75.1 Å². The number of amides is 1. The van der Waals surface area contributed by atoms with E-state index in [0.717, 1.165) is 27.6 Å². The van der Waals surface area contributed by atoms with Gasteiger partial charge in [-0.1, -0.05) is 66.7 Å². The third-order valence-corrected chi connectivity index (χ3v) is 6.52. The van der Waals surface area contributed by atoms with Crippen LogP contribution >= 0.6 is 0 Å². The first-order chi connectivity index (χ1) is 16.8. The van der Waals surface area contributed by atoms with Gasteiger partial charge in [0.15, 0.2) is 0 Å². The summed E-state index contributed by atoms with van der Waals surface area (Å²) in [5.74, 6) is -3.36. The molecule has 0 radical (unpaired) electrons. The van der Waals surface area contributed by atoms with E-state index in [0.29, 0.717) is 24.3 Å². The van der Waals surface area contributed by atoms with Crippen molar-refractivity contribution in [1.82, 2.24) is 9.47 Å². The number of nitrogens with one attached hydrogen (secondary N) is 1. The highest BCUT2D eigenvalue weighted by Gasteiger charge is 2.38. The van der Waals surface area contributed by atoms with Gasteiger partial charge in [0.1, 0.15) is 11.5 Å². The number of carbonyl (C=O) groups is 1. The van der Waals surface area contributed by atoms with E-state index < -0.39 is 18.4 Å². The largest absolute Gasteiger partial charge is 0.384 e. The van der Waals surface area contributed by atoms with Gasteiger partial charge < -0.3 is 15.2 Å². The summed E-state index contributed by atoms with van der Waals surface area (Å²) < 4.78 is 30.0. The molecule has 0 aliphatic carbocycles. The lowest BCUT2D eigenvalue weighted by Gasteiger charge is -2.32. The van der Waals surface area contributed by atoms with Gasteiger partial charge in [-0.3, -0.25) is 10.2 Å². The molecule has 178 valence electrons. The Morgan fingerprint density at radius 1 is 0.971 bits per heavy atom. The number of benzene rings is 3. The summed E-state index contributed by atoms with van der Waals surface area (Å²) in [4.78, 5) is 14.7. The van der Waals surface area contributed by atoms with Crippen molar-refractivity contribution in [2.45, 2.75) is 25.3 Å². The maximum Gasteiger partial charge on any atom is 0.270 e. The highest BCUT2D eigenvalue weighted by molar-refractivity contribution is 6.02. The number of nitrogens with zero attached hydrogens (tertiary/aromatic N) is 2. The molecular formula is C28H26F2N4O. The van der Waals surface area contributed by atoms with Crippen LogP contribution in [0, 0.1) is 5.41 Å². The van der Waals surface area contributed by atoms with E-state index in [1.165, 1.54) is 4.90 Å². The standard InChI is InChI=1S/C28H26F2N4O/c29-28(30)13-4-14-33(18-28)27(35)25-15-22-11-12-23(26(31)32)16-24(22)34(25)17-19-7-9-21(10-8-19)20-5-2-1-3-6-20/h1-3,5-12,15-16H,4,13-14,17-18H2,(H3,31,32). The molecule has 1 aliphatic heterocycles. The first-order valence-electron chi connectivity index (χ1n) is 11.6. The number of alkyl halides is 2. The number of carbonyl (C=O) groups excluding carboxylic acids is 1. The highest BCUT2D eigenvalue weighted by Crippen LogP contribution is 2.30. The molecule has 1 saturated heterocycles. The van der Waals surface area contributed by atoms with E-state index >= 15 is 0 Å². The first-order valence-corrected chi connectivity index (χ1v) is 11.6. The minimum absolute atomic E-state index is 0.0737. The summed E-state index contributed by atoms with van der Waals surface area (Å²) in [6.45, 7) is 0.115. The van der Waals surface area contributed by atoms with Gasteiger partial charge in [0, 0.05) is 36.0 Å². The maximum absolute atomic E-state index is 14.1. The van der Waals surface area contributed by atoms with Crippen molar-refractivity contribution < 1.29 is 13.6 Å². The Balaban J connectivity index is 1.54. The second kappa shape index (κ2) is 8.98. The molecule has 0 unspecified atom stereocenters. The monoisotopic (exact) mass is 472 g/mol. The lowest BCUT2D eigenvalue weighted by molar-refractivity contribution is -0.0562. The predicted molar refractivity (Wildman–Crippen MR) is 134 cm³/mol. The van der Waals surface area contributed by atoms with Crippen molar-refractivity contribution in [2.24, 2.45) is 5.73 Å². The predicted octanol–water partition coefficient (Wildman–Crippen LogP) is 5.51. The normalized spacial score (nSPS) is 15.3. The molecule has 1 amide bonds. The van der Waals surface area contributed by atoms with Crippen LogP contribution in [0.15, 0.2) is 78.9 Å². The zero-order valence-electron chi connectivity index (χ0n) is 19.2. The van der Waals surface area contributed by atoms with Gasteiger partial charge in [-0.05, 0) is 35.2 Å². The first kappa shape index (κ1) is 22.8. The van der Waals surface area contributed by atoms with Crippen LogP contribution in [0.3, 0.4) is 0 Å². The molecule has 3 N–H and O–H groups in total. The number of rotatable bonds is 5. The van der Waals surface area contributed by atoms with Crippen LogP contribution in [0.4, 0.5) is 8.78 Å². The number of amidine groups is 1. The van der Waals surface area contributed by atoms with Crippen molar-refractivity contribution in [3.05, 3.63) is 95.7 Å². The average molecular weight is 473 g/mol. The molecule has 3 aromatic carbocycles. The van der Waals surface area contributed by atoms with Crippen LogP contribution in [-0.4, -0.2) is 40.2 Å². The molecule has 2 heterocycles. The molecule has 4 aromatic rings. The zero-order chi connectivity index (χ0) is 24.6. The number of likely N-dealkylation sites (tertiary alicyclic amines) is 1. The van der Waals surface area contributed by atoms with Crippen molar-refractivity contribution in [3.63, 3.8) is 0 Å². The summed E-state index contributed by atoms with van der Waals surface area (Å²) in [7, 11) is 0. The summed E-state index contributed by atoms with van der Waals surface area (Å²) >= 11 is 0. The van der Waals surface area contributed by atoms with Gasteiger partial charge >= 0.3 is 0 Å². The van der Waals surface area contributed by atoms with Crippen LogP contribution < -0.4 is 5.73 Å². The fraction of sp³-hybridized carbons (Fsp3) is 0.214. The molecule has 1 aromatic heterocycles. The minimum Gasteiger partial charge on any atom is -0.384 e. The van der Waals surface area contributed by atoms with Crippen LogP contribution in [-0.2, 0) is 6.54 Å². The third kappa shape index (κ3) is 4.67. The van der Waals surface area contributed by atoms with Crippen LogP contribution in [0.2, 0.25) is 0 Å². The number of aromatic nitrogens is 1. The van der Waals surface area contributed by atoms with Gasteiger partial charge in [0.05, 0.1) is 6.54 Å². The summed E-state index contributed by atoms with van der Waals surface area (Å²) in [5.41, 5.74) is 10.5. The van der Waals surface area contributed by atoms with E-state index in [9.17, 15) is 13.6 Å². The number of nitrogens with two attached hydrogens (primary N) is 1. The van der Waals surface area contributed by atoms with Gasteiger partial charge in [-0.2, -0.15) is 0 Å². The fourth-order valence-corrected chi connectivity index (χ4v) is 4.69. The molecule has 0 saturated carbocycles. The molecule has 1 fully saturated rings. The zero-order valence-corrected chi connectivity index (χ0v) is 19.2. The Kier molecular flexibility index (Phi) is 5.84. The molecule has 1 aliphatic rings. The maximum atomic E-state index is 14.1. The Labute approximate surface area is 202 Å². The van der Waals surface area contributed by atoms with Crippen molar-refractivity contribution in [2.75, 3.05) is 13.1 Å². The van der Waals surface area contributed by atoms with Gasteiger partial charge in [0.25, 0.3) is 11.8 Å². The number of nitrogen functional groups attached to an aromatic ring is 1. The van der Waals surface area contributed by atoms with Crippen LogP contribution in [0.25, 0.3) is 22.0 Å². The average Bonchev–Trinajstić information content (AvgIpc) is 3.21. The molecule has 5 nitrogen and oxygen atoms in total. The summed E-state index contributed by atoms with van der Waals surface area (Å²) in [6.07, 6.45) is 0.0733. The van der Waals surface area contributed by atoms with Gasteiger partial charge in [-0.25, -0.2) is 8.78 Å². The van der Waals surface area contributed by atoms with Crippen molar-refractivity contribution >= 4 is 22.6 Å². The van der Waals surface area contributed by atoms with E-state index in [-0.39, 0.29) is 18.7 Å². The van der Waals surface area contributed by atoms with E-state index in [1.807, 2.05) is 65.2 Å². The molecular weight excluding hydrogens is 446 g/mol. The Bertz CT molecular complexity index is 1390. The van der Waals surface area contributed by atoms with E-state index in [4.69, 9.17) is 11.1 Å². The number of halogens is 2. The molecule has 0 spiro atoms. The van der Waals surface area contributed by atoms with Crippen LogP contribution in [0.5, 0.6) is 0 Å². The lowest BCUT2D eigenvalue weighted by atomic mass is 10.0. The molecule has 0 atom stereocenters. The second-order valence-electron chi connectivity index (χ2n) is 9.05. The molecule has 7 heteroatoms. The Hall–Kier alpha value is -4.00. The number of hydrogen-bond donors (Lipinski definition) is 2. The van der Waals surface area contributed by atoms with Gasteiger partial charge in [-0.15, -0.1) is 0 Å². The number of fused-ring (bicyclic) bond motifs is 1. The van der Waals surface area contributed by atoms with Crippen molar-refractivity contribution in [3.8, 4) is 11.1 Å². The quantitative estimate of drug-likeness (QED) is 0.297. The highest BCUT2D eigenvalue weighted by atomic mass is 19.3. The van der Waals surface area contributed by atoms with E-state index in [1.54, 1.807) is 18.2 Å². The number of piperidine rings is 1. The third-order valence-electron chi connectivity index (χ3n) is 6.52. The summed E-state index contributed by atoms with van der Waals surface area (Å²) in [6, 6.07) is 25.2. The second-order valence-corrected chi connectivity index (χ2v) is 9.05. The van der Waals surface area contributed by atoms with E-state index in [2.05, 4.69) is 0 Å². The Morgan fingerprint density at radius 3 is 2.37 bits per heavy atom. The SMILES string of the molecule is N=C(N)c1ccc2cc(C(=O)N3CCCC(F)(F)C3)n(Cc3ccc(-c4ccccc4)cc3)c2c1. The lowest BCUT2D eigenvalue weighted by Crippen LogP contribution is -2.46. The van der Waals surface area contributed by atoms with Crippen molar-refractivity contribution in [1.29, 1.82) is 5.41 Å². The van der Waals surface area contributed by atoms with Crippen LogP contribution in [0.1, 0.15) is 34.5 Å². The number of hydrogen-bond acceptors (Lipinski definition) is 2. The fourth-order valence-electron chi connectivity index (χ4n) is 4.69. The molecule has 5 rings (SSSR count). The van der Waals surface area contributed by atoms with Gasteiger partial charge in [0.2, 0.25) is 0 Å². The molecule has 0 bridgehead atoms.